The van der Waals surface area contributed by atoms with Crippen LogP contribution in [0, 0.1) is 0 Å². The Morgan fingerprint density at radius 3 is 2.70 bits per heavy atom. The first-order valence-electron chi connectivity index (χ1n) is 9.72. The van der Waals surface area contributed by atoms with Crippen molar-refractivity contribution in [3.63, 3.8) is 0 Å². The van der Waals surface area contributed by atoms with Crippen molar-refractivity contribution in [2.24, 2.45) is 0 Å². The maximum Gasteiger partial charge on any atom is 0.313 e. The SMILES string of the molecule is O=C(NCc1ccc(-c2ccco2)o1)C(=O)Nc1cccc(N2CCCCC2=O)c1. The van der Waals surface area contributed by atoms with E-state index < -0.39 is 11.8 Å². The van der Waals surface area contributed by atoms with E-state index in [2.05, 4.69) is 10.6 Å². The van der Waals surface area contributed by atoms with Gasteiger partial charge in [0.25, 0.3) is 0 Å². The van der Waals surface area contributed by atoms with Crippen molar-refractivity contribution in [1.29, 1.82) is 0 Å². The molecule has 4 rings (SSSR count). The number of nitrogens with one attached hydrogen (secondary N) is 2. The van der Waals surface area contributed by atoms with E-state index in [0.29, 0.717) is 41.6 Å². The normalized spacial score (nSPS) is 13.9. The topological polar surface area (TPSA) is 105 Å². The molecule has 1 aliphatic rings. The van der Waals surface area contributed by atoms with E-state index in [-0.39, 0.29) is 12.5 Å². The summed E-state index contributed by atoms with van der Waals surface area (Å²) in [5, 5.41) is 5.09. The average molecular weight is 407 g/mol. The number of hydrogen-bond donors (Lipinski definition) is 2. The van der Waals surface area contributed by atoms with Crippen LogP contribution in [-0.4, -0.2) is 24.3 Å². The molecule has 1 saturated heterocycles. The lowest BCUT2D eigenvalue weighted by Gasteiger charge is -2.27. The van der Waals surface area contributed by atoms with Gasteiger partial charge in [-0.2, -0.15) is 0 Å². The highest BCUT2D eigenvalue weighted by atomic mass is 16.4. The monoisotopic (exact) mass is 407 g/mol. The molecule has 3 aromatic rings. The van der Waals surface area contributed by atoms with Gasteiger partial charge in [-0.3, -0.25) is 14.4 Å². The van der Waals surface area contributed by atoms with Crippen LogP contribution in [0.25, 0.3) is 11.5 Å². The lowest BCUT2D eigenvalue weighted by atomic mass is 10.1. The maximum atomic E-state index is 12.2. The molecule has 0 atom stereocenters. The van der Waals surface area contributed by atoms with E-state index in [1.165, 1.54) is 0 Å². The number of furan rings is 2. The summed E-state index contributed by atoms with van der Waals surface area (Å²) in [4.78, 5) is 38.2. The first-order valence-corrected chi connectivity index (χ1v) is 9.72. The van der Waals surface area contributed by atoms with Gasteiger partial charge in [0.2, 0.25) is 5.91 Å². The molecule has 0 aliphatic carbocycles. The van der Waals surface area contributed by atoms with Crippen molar-refractivity contribution >= 4 is 29.1 Å². The van der Waals surface area contributed by atoms with Gasteiger partial charge in [-0.25, -0.2) is 0 Å². The van der Waals surface area contributed by atoms with Crippen LogP contribution < -0.4 is 15.5 Å². The molecule has 1 aromatic carbocycles. The predicted molar refractivity (Wildman–Crippen MR) is 110 cm³/mol. The minimum absolute atomic E-state index is 0.0647. The first kappa shape index (κ1) is 19.5. The molecule has 8 nitrogen and oxygen atoms in total. The summed E-state index contributed by atoms with van der Waals surface area (Å²) in [5.41, 5.74) is 1.16. The summed E-state index contributed by atoms with van der Waals surface area (Å²) in [6.45, 7) is 0.717. The van der Waals surface area contributed by atoms with Crippen molar-refractivity contribution in [1.82, 2.24) is 5.32 Å². The number of piperidine rings is 1. The highest BCUT2D eigenvalue weighted by Gasteiger charge is 2.20. The second-order valence-electron chi connectivity index (χ2n) is 6.93. The molecule has 1 aliphatic heterocycles. The van der Waals surface area contributed by atoms with Crippen LogP contribution in [0.15, 0.2) is 63.6 Å². The molecular weight excluding hydrogens is 386 g/mol. The Kier molecular flexibility index (Phi) is 5.65. The highest BCUT2D eigenvalue weighted by Crippen LogP contribution is 2.24. The number of amides is 3. The summed E-state index contributed by atoms with van der Waals surface area (Å²) in [6, 6.07) is 13.9. The largest absolute Gasteiger partial charge is 0.461 e. The number of anilines is 2. The lowest BCUT2D eigenvalue weighted by Crippen LogP contribution is -2.36. The van der Waals surface area contributed by atoms with Crippen molar-refractivity contribution < 1.29 is 23.2 Å². The van der Waals surface area contributed by atoms with Crippen molar-refractivity contribution in [3.05, 3.63) is 60.6 Å². The molecule has 0 unspecified atom stereocenters. The first-order chi connectivity index (χ1) is 14.6. The molecule has 0 spiro atoms. The number of hydrogen-bond acceptors (Lipinski definition) is 5. The van der Waals surface area contributed by atoms with Crippen LogP contribution in [0.2, 0.25) is 0 Å². The van der Waals surface area contributed by atoms with Crippen LogP contribution in [0.4, 0.5) is 11.4 Å². The third-order valence-corrected chi connectivity index (χ3v) is 4.79. The molecule has 3 heterocycles. The number of nitrogens with zero attached hydrogens (tertiary/aromatic N) is 1. The number of rotatable bonds is 5. The molecule has 8 heteroatoms. The van der Waals surface area contributed by atoms with E-state index in [4.69, 9.17) is 8.83 Å². The van der Waals surface area contributed by atoms with E-state index in [1.807, 2.05) is 6.07 Å². The van der Waals surface area contributed by atoms with Gasteiger partial charge in [0, 0.05) is 24.3 Å². The molecule has 0 bridgehead atoms. The zero-order chi connectivity index (χ0) is 20.9. The molecule has 0 radical (unpaired) electrons. The summed E-state index contributed by atoms with van der Waals surface area (Å²) in [6.07, 6.45) is 3.90. The number of carbonyl (C=O) groups excluding carboxylic acids is 3. The maximum absolute atomic E-state index is 12.2. The molecule has 2 N–H and O–H groups in total. The average Bonchev–Trinajstić information content (AvgIpc) is 3.44. The Morgan fingerprint density at radius 2 is 1.90 bits per heavy atom. The summed E-state index contributed by atoms with van der Waals surface area (Å²) >= 11 is 0. The van der Waals surface area contributed by atoms with Gasteiger partial charge in [-0.15, -0.1) is 0 Å². The summed E-state index contributed by atoms with van der Waals surface area (Å²) in [5.74, 6) is 0.0958. The summed E-state index contributed by atoms with van der Waals surface area (Å²) in [7, 11) is 0. The van der Waals surface area contributed by atoms with Crippen LogP contribution in [0.3, 0.4) is 0 Å². The molecule has 2 aromatic heterocycles. The predicted octanol–water partition coefficient (Wildman–Crippen LogP) is 3.31. The second kappa shape index (κ2) is 8.69. The molecular formula is C22H21N3O5. The Morgan fingerprint density at radius 1 is 1.00 bits per heavy atom. The van der Waals surface area contributed by atoms with Crippen LogP contribution in [0.1, 0.15) is 25.0 Å². The number of carbonyl (C=O) groups is 3. The molecule has 1 fully saturated rings. The number of benzene rings is 1. The lowest BCUT2D eigenvalue weighted by molar-refractivity contribution is -0.136. The van der Waals surface area contributed by atoms with Gasteiger partial charge in [-0.1, -0.05) is 6.07 Å². The standard InChI is InChI=1S/C22H21N3O5/c26-20-8-1-2-11-25(20)16-6-3-5-15(13-16)24-22(28)21(27)23-14-17-9-10-19(30-17)18-7-4-12-29-18/h3-7,9-10,12-13H,1-2,8,11,14H2,(H,23,27)(H,24,28). The Bertz CT molecular complexity index is 1050. The smallest absolute Gasteiger partial charge is 0.313 e. The van der Waals surface area contributed by atoms with Crippen LogP contribution in [-0.2, 0) is 20.9 Å². The van der Waals surface area contributed by atoms with Crippen molar-refractivity contribution in [2.75, 3.05) is 16.8 Å². The van der Waals surface area contributed by atoms with E-state index in [0.717, 1.165) is 12.8 Å². The van der Waals surface area contributed by atoms with Gasteiger partial charge in [-0.05, 0) is 55.3 Å². The fraction of sp³-hybridized carbons (Fsp3) is 0.227. The fourth-order valence-electron chi connectivity index (χ4n) is 3.29. The minimum Gasteiger partial charge on any atom is -0.461 e. The minimum atomic E-state index is -0.796. The zero-order valence-corrected chi connectivity index (χ0v) is 16.2. The quantitative estimate of drug-likeness (QED) is 0.632. The summed E-state index contributed by atoms with van der Waals surface area (Å²) < 4.78 is 10.8. The van der Waals surface area contributed by atoms with Gasteiger partial charge in [0.05, 0.1) is 12.8 Å². The van der Waals surface area contributed by atoms with Gasteiger partial charge in [0.1, 0.15) is 5.76 Å². The highest BCUT2D eigenvalue weighted by molar-refractivity contribution is 6.39. The molecule has 0 saturated carbocycles. The Balaban J connectivity index is 1.33. The van der Waals surface area contributed by atoms with Crippen molar-refractivity contribution in [2.45, 2.75) is 25.8 Å². The molecule has 154 valence electrons. The fourth-order valence-corrected chi connectivity index (χ4v) is 3.29. The zero-order valence-electron chi connectivity index (χ0n) is 16.2. The van der Waals surface area contributed by atoms with Gasteiger partial charge in [0.15, 0.2) is 11.5 Å². The third-order valence-electron chi connectivity index (χ3n) is 4.79. The molecule has 30 heavy (non-hydrogen) atoms. The van der Waals surface area contributed by atoms with Crippen LogP contribution >= 0.6 is 0 Å². The Hall–Kier alpha value is -3.81. The van der Waals surface area contributed by atoms with E-state index in [1.54, 1.807) is 53.6 Å². The van der Waals surface area contributed by atoms with Crippen LogP contribution in [0.5, 0.6) is 0 Å². The third kappa shape index (κ3) is 4.43. The van der Waals surface area contributed by atoms with E-state index in [9.17, 15) is 14.4 Å². The van der Waals surface area contributed by atoms with Gasteiger partial charge >= 0.3 is 11.8 Å². The Labute approximate surface area is 172 Å². The van der Waals surface area contributed by atoms with Crippen molar-refractivity contribution in [3.8, 4) is 11.5 Å². The second-order valence-corrected chi connectivity index (χ2v) is 6.93. The molecule has 3 amide bonds. The van der Waals surface area contributed by atoms with Gasteiger partial charge < -0.3 is 24.4 Å². The van der Waals surface area contributed by atoms with E-state index >= 15 is 0 Å².